The minimum atomic E-state index is -0.157. The first-order valence-corrected chi connectivity index (χ1v) is 6.00. The van der Waals surface area contributed by atoms with Gasteiger partial charge in [-0.05, 0) is 42.4 Å². The molecule has 1 aliphatic rings. The molecule has 2 rings (SSSR count). The third kappa shape index (κ3) is 2.60. The monoisotopic (exact) mass is 234 g/mol. The Labute approximate surface area is 101 Å². The molecule has 92 valence electrons. The van der Waals surface area contributed by atoms with Crippen molar-refractivity contribution in [3.63, 3.8) is 0 Å². The van der Waals surface area contributed by atoms with Crippen molar-refractivity contribution in [3.05, 3.63) is 29.8 Å². The number of rotatable bonds is 4. The molecule has 0 bridgehead atoms. The second kappa shape index (κ2) is 4.78. The quantitative estimate of drug-likeness (QED) is 0.815. The van der Waals surface area contributed by atoms with Crippen LogP contribution < -0.4 is 0 Å². The molecule has 3 nitrogen and oxygen atoms in total. The maximum Gasteiger partial charge on any atom is 0.309 e. The predicted octanol–water partition coefficient (Wildman–Crippen LogP) is 2.69. The Balaban J connectivity index is 2.22. The molecule has 0 aromatic heterocycles. The summed E-state index contributed by atoms with van der Waals surface area (Å²) in [7, 11) is 1.43. The summed E-state index contributed by atoms with van der Waals surface area (Å²) in [6, 6.07) is 7.15. The van der Waals surface area contributed by atoms with Crippen molar-refractivity contribution in [3.8, 4) is 5.75 Å². The molecule has 2 atom stereocenters. The van der Waals surface area contributed by atoms with E-state index in [0.717, 1.165) is 5.56 Å². The number of phenols is 1. The SMILES string of the molecule is COC(=O)[C@H](C)[C@H](c1ccc(O)cc1)C1CC1. The molecule has 0 aliphatic heterocycles. The van der Waals surface area contributed by atoms with E-state index < -0.39 is 0 Å². The van der Waals surface area contributed by atoms with Gasteiger partial charge in [0, 0.05) is 0 Å². The number of benzene rings is 1. The van der Waals surface area contributed by atoms with Gasteiger partial charge in [0.1, 0.15) is 5.75 Å². The Bertz CT molecular complexity index is 392. The molecule has 1 aliphatic carbocycles. The van der Waals surface area contributed by atoms with E-state index in [1.54, 1.807) is 12.1 Å². The van der Waals surface area contributed by atoms with Crippen molar-refractivity contribution in [1.29, 1.82) is 0 Å². The number of phenolic OH excluding ortho intramolecular Hbond substituents is 1. The lowest BCUT2D eigenvalue weighted by molar-refractivity contribution is -0.145. The summed E-state index contributed by atoms with van der Waals surface area (Å²) in [5, 5.41) is 9.30. The highest BCUT2D eigenvalue weighted by molar-refractivity contribution is 5.73. The summed E-state index contributed by atoms with van der Waals surface area (Å²) in [6.07, 6.45) is 2.35. The molecule has 1 fully saturated rings. The van der Waals surface area contributed by atoms with Crippen molar-refractivity contribution in [2.45, 2.75) is 25.7 Å². The Hall–Kier alpha value is -1.51. The summed E-state index contributed by atoms with van der Waals surface area (Å²) in [4.78, 5) is 11.7. The normalized spacial score (nSPS) is 18.5. The molecule has 17 heavy (non-hydrogen) atoms. The first-order chi connectivity index (χ1) is 8.13. The van der Waals surface area contributed by atoms with Crippen molar-refractivity contribution < 1.29 is 14.6 Å². The number of carbonyl (C=O) groups excluding carboxylic acids is 1. The predicted molar refractivity (Wildman–Crippen MR) is 64.8 cm³/mol. The average Bonchev–Trinajstić information content (AvgIpc) is 3.15. The minimum absolute atomic E-state index is 0.128. The third-order valence-corrected chi connectivity index (χ3v) is 3.52. The molecule has 1 aromatic carbocycles. The number of hydrogen-bond acceptors (Lipinski definition) is 3. The zero-order chi connectivity index (χ0) is 12.4. The number of carbonyl (C=O) groups is 1. The minimum Gasteiger partial charge on any atom is -0.508 e. The lowest BCUT2D eigenvalue weighted by atomic mass is 9.83. The van der Waals surface area contributed by atoms with E-state index in [0.29, 0.717) is 5.92 Å². The molecule has 0 saturated heterocycles. The second-order valence-electron chi connectivity index (χ2n) is 4.77. The van der Waals surface area contributed by atoms with Gasteiger partial charge in [-0.15, -0.1) is 0 Å². The Morgan fingerprint density at radius 2 is 1.94 bits per heavy atom. The van der Waals surface area contributed by atoms with Crippen molar-refractivity contribution in [2.75, 3.05) is 7.11 Å². The second-order valence-corrected chi connectivity index (χ2v) is 4.77. The van der Waals surface area contributed by atoms with E-state index in [-0.39, 0.29) is 23.6 Å². The largest absolute Gasteiger partial charge is 0.508 e. The Morgan fingerprint density at radius 1 is 1.35 bits per heavy atom. The fraction of sp³-hybridized carbons (Fsp3) is 0.500. The highest BCUT2D eigenvalue weighted by Crippen LogP contribution is 2.47. The number of ether oxygens (including phenoxy) is 1. The maximum absolute atomic E-state index is 11.7. The lowest BCUT2D eigenvalue weighted by Gasteiger charge is -2.22. The summed E-state index contributed by atoms with van der Waals surface area (Å²) in [6.45, 7) is 1.92. The van der Waals surface area contributed by atoms with Crippen molar-refractivity contribution >= 4 is 5.97 Å². The van der Waals surface area contributed by atoms with Crippen LogP contribution in [0.1, 0.15) is 31.2 Å². The highest BCUT2D eigenvalue weighted by atomic mass is 16.5. The zero-order valence-corrected chi connectivity index (χ0v) is 10.2. The first kappa shape index (κ1) is 12.0. The van der Waals surface area contributed by atoms with E-state index in [2.05, 4.69) is 0 Å². The number of esters is 1. The van der Waals surface area contributed by atoms with E-state index in [9.17, 15) is 9.90 Å². The fourth-order valence-corrected chi connectivity index (χ4v) is 2.45. The molecular weight excluding hydrogens is 216 g/mol. The lowest BCUT2D eigenvalue weighted by Crippen LogP contribution is -2.22. The molecule has 0 spiro atoms. The maximum atomic E-state index is 11.7. The fourth-order valence-electron chi connectivity index (χ4n) is 2.45. The van der Waals surface area contributed by atoms with E-state index >= 15 is 0 Å². The molecule has 3 heteroatoms. The smallest absolute Gasteiger partial charge is 0.309 e. The molecule has 0 amide bonds. The van der Waals surface area contributed by atoms with Crippen LogP contribution in [-0.4, -0.2) is 18.2 Å². The third-order valence-electron chi connectivity index (χ3n) is 3.52. The molecule has 1 N–H and O–H groups in total. The summed E-state index contributed by atoms with van der Waals surface area (Å²) < 4.78 is 4.83. The highest BCUT2D eigenvalue weighted by Gasteiger charge is 2.38. The zero-order valence-electron chi connectivity index (χ0n) is 10.2. The van der Waals surface area contributed by atoms with Gasteiger partial charge in [-0.1, -0.05) is 19.1 Å². The van der Waals surface area contributed by atoms with Gasteiger partial charge in [-0.2, -0.15) is 0 Å². The number of methoxy groups -OCH3 is 1. The summed E-state index contributed by atoms with van der Waals surface area (Å²) >= 11 is 0. The van der Waals surface area contributed by atoms with Gasteiger partial charge < -0.3 is 9.84 Å². The van der Waals surface area contributed by atoms with Crippen molar-refractivity contribution in [2.24, 2.45) is 11.8 Å². The molecule has 1 aromatic rings. The molecule has 0 unspecified atom stereocenters. The van der Waals surface area contributed by atoms with Crippen LogP contribution in [0.15, 0.2) is 24.3 Å². The van der Waals surface area contributed by atoms with Crippen LogP contribution >= 0.6 is 0 Å². The Kier molecular flexibility index (Phi) is 3.36. The van der Waals surface area contributed by atoms with E-state index in [1.807, 2.05) is 19.1 Å². The van der Waals surface area contributed by atoms with Gasteiger partial charge in [0.15, 0.2) is 0 Å². The molecule has 0 heterocycles. The van der Waals surface area contributed by atoms with E-state index in [1.165, 1.54) is 20.0 Å². The standard InChI is InChI=1S/C14H18O3/c1-9(14(16)17-2)13(10-3-4-10)11-5-7-12(15)8-6-11/h5-10,13,15H,3-4H2,1-2H3/t9-,13+/m1/s1. The first-order valence-electron chi connectivity index (χ1n) is 6.00. The Morgan fingerprint density at radius 3 is 2.41 bits per heavy atom. The van der Waals surface area contributed by atoms with Crippen LogP contribution in [0.2, 0.25) is 0 Å². The van der Waals surface area contributed by atoms with Gasteiger partial charge in [0.2, 0.25) is 0 Å². The van der Waals surface area contributed by atoms with Crippen LogP contribution in [0.3, 0.4) is 0 Å². The van der Waals surface area contributed by atoms with Crippen LogP contribution in [0.4, 0.5) is 0 Å². The van der Waals surface area contributed by atoms with Crippen LogP contribution in [0.25, 0.3) is 0 Å². The topological polar surface area (TPSA) is 46.5 Å². The number of aromatic hydroxyl groups is 1. The van der Waals surface area contributed by atoms with Gasteiger partial charge in [0.25, 0.3) is 0 Å². The number of hydrogen-bond donors (Lipinski definition) is 1. The van der Waals surface area contributed by atoms with Crippen LogP contribution in [-0.2, 0) is 9.53 Å². The molecule has 1 saturated carbocycles. The van der Waals surface area contributed by atoms with E-state index in [4.69, 9.17) is 4.74 Å². The van der Waals surface area contributed by atoms with Crippen LogP contribution in [0.5, 0.6) is 5.75 Å². The average molecular weight is 234 g/mol. The van der Waals surface area contributed by atoms with Gasteiger partial charge >= 0.3 is 5.97 Å². The summed E-state index contributed by atoms with van der Waals surface area (Å²) in [5.74, 6) is 0.762. The van der Waals surface area contributed by atoms with Gasteiger partial charge in [0.05, 0.1) is 13.0 Å². The summed E-state index contributed by atoms with van der Waals surface area (Å²) in [5.41, 5.74) is 1.11. The van der Waals surface area contributed by atoms with Gasteiger partial charge in [-0.25, -0.2) is 0 Å². The molecule has 0 radical (unpaired) electrons. The molecular formula is C14H18O3. The van der Waals surface area contributed by atoms with Crippen LogP contribution in [0, 0.1) is 11.8 Å². The van der Waals surface area contributed by atoms with Gasteiger partial charge in [-0.3, -0.25) is 4.79 Å². The van der Waals surface area contributed by atoms with Crippen molar-refractivity contribution in [1.82, 2.24) is 0 Å².